The lowest BCUT2D eigenvalue weighted by atomic mass is 10.0. The molecule has 0 radical (unpaired) electrons. The quantitative estimate of drug-likeness (QED) is 0.838. The van der Waals surface area contributed by atoms with Gasteiger partial charge in [-0.3, -0.25) is 9.69 Å². The maximum Gasteiger partial charge on any atom is 0.249 e. The Labute approximate surface area is 127 Å². The third kappa shape index (κ3) is 4.29. The Morgan fingerprint density at radius 3 is 2.62 bits per heavy atom. The summed E-state index contributed by atoms with van der Waals surface area (Å²) >= 11 is 0. The SMILES string of the molecule is CCN(CC)[C@@H](CNC(=O)[C@H]1CCCO1)c1ccccc1. The zero-order valence-corrected chi connectivity index (χ0v) is 13.0. The Bertz CT molecular complexity index is 426. The van der Waals surface area contributed by atoms with Gasteiger partial charge in [0.25, 0.3) is 0 Å². The Kier molecular flexibility index (Phi) is 6.21. The number of carbonyl (C=O) groups excluding carboxylic acids is 1. The van der Waals surface area contributed by atoms with Gasteiger partial charge >= 0.3 is 0 Å². The summed E-state index contributed by atoms with van der Waals surface area (Å²) in [4.78, 5) is 14.5. The number of hydrogen-bond donors (Lipinski definition) is 1. The van der Waals surface area contributed by atoms with E-state index >= 15 is 0 Å². The fraction of sp³-hybridized carbons (Fsp3) is 0.588. The van der Waals surface area contributed by atoms with Crippen LogP contribution in [0.5, 0.6) is 0 Å². The van der Waals surface area contributed by atoms with Gasteiger partial charge in [-0.15, -0.1) is 0 Å². The third-order valence-corrected chi connectivity index (χ3v) is 4.13. The van der Waals surface area contributed by atoms with Crippen LogP contribution in [0.1, 0.15) is 38.3 Å². The second-order valence-corrected chi connectivity index (χ2v) is 5.39. The Morgan fingerprint density at radius 1 is 1.33 bits per heavy atom. The molecule has 2 atom stereocenters. The van der Waals surface area contributed by atoms with Crippen molar-refractivity contribution in [2.24, 2.45) is 0 Å². The summed E-state index contributed by atoms with van der Waals surface area (Å²) in [5.74, 6) is 0.0283. The minimum atomic E-state index is -0.252. The molecule has 1 fully saturated rings. The summed E-state index contributed by atoms with van der Waals surface area (Å²) in [6.45, 7) is 7.57. The highest BCUT2D eigenvalue weighted by Crippen LogP contribution is 2.20. The van der Waals surface area contributed by atoms with E-state index in [0.717, 1.165) is 25.9 Å². The molecule has 0 unspecified atom stereocenters. The Balaban J connectivity index is 2.00. The maximum absolute atomic E-state index is 12.1. The summed E-state index contributed by atoms with van der Waals surface area (Å²) in [6.07, 6.45) is 1.57. The largest absolute Gasteiger partial charge is 0.368 e. The zero-order chi connectivity index (χ0) is 15.1. The molecule has 116 valence electrons. The molecule has 0 spiro atoms. The molecule has 0 aromatic heterocycles. The molecule has 21 heavy (non-hydrogen) atoms. The molecule has 1 aromatic carbocycles. The number of nitrogens with zero attached hydrogens (tertiary/aromatic N) is 1. The van der Waals surface area contributed by atoms with Crippen molar-refractivity contribution in [1.82, 2.24) is 10.2 Å². The number of hydrogen-bond acceptors (Lipinski definition) is 3. The lowest BCUT2D eigenvalue weighted by molar-refractivity contribution is -0.130. The lowest BCUT2D eigenvalue weighted by Crippen LogP contribution is -2.41. The molecule has 0 saturated carbocycles. The van der Waals surface area contributed by atoms with Gasteiger partial charge in [0, 0.05) is 13.2 Å². The van der Waals surface area contributed by atoms with Crippen LogP contribution in [0.2, 0.25) is 0 Å². The van der Waals surface area contributed by atoms with E-state index in [1.807, 2.05) is 18.2 Å². The topological polar surface area (TPSA) is 41.6 Å². The maximum atomic E-state index is 12.1. The molecule has 1 aliphatic heterocycles. The summed E-state index contributed by atoms with van der Waals surface area (Å²) in [6, 6.07) is 10.6. The zero-order valence-electron chi connectivity index (χ0n) is 13.0. The van der Waals surface area contributed by atoms with Gasteiger partial charge in [0.1, 0.15) is 6.10 Å². The molecular weight excluding hydrogens is 264 g/mol. The van der Waals surface area contributed by atoms with Crippen LogP contribution in [0.3, 0.4) is 0 Å². The number of amides is 1. The summed E-state index contributed by atoms with van der Waals surface area (Å²) < 4.78 is 5.44. The second kappa shape index (κ2) is 8.15. The van der Waals surface area contributed by atoms with Crippen LogP contribution in [-0.4, -0.2) is 43.2 Å². The van der Waals surface area contributed by atoms with E-state index < -0.39 is 0 Å². The van der Waals surface area contributed by atoms with Crippen molar-refractivity contribution in [2.75, 3.05) is 26.2 Å². The van der Waals surface area contributed by atoms with Crippen LogP contribution >= 0.6 is 0 Å². The van der Waals surface area contributed by atoms with Gasteiger partial charge in [0.15, 0.2) is 0 Å². The molecule has 1 aliphatic rings. The van der Waals surface area contributed by atoms with Crippen molar-refractivity contribution < 1.29 is 9.53 Å². The van der Waals surface area contributed by atoms with Gasteiger partial charge in [-0.05, 0) is 31.5 Å². The highest BCUT2D eigenvalue weighted by molar-refractivity contribution is 5.81. The fourth-order valence-electron chi connectivity index (χ4n) is 2.89. The van der Waals surface area contributed by atoms with E-state index in [4.69, 9.17) is 4.74 Å². The fourth-order valence-corrected chi connectivity index (χ4v) is 2.89. The predicted molar refractivity (Wildman–Crippen MR) is 84.1 cm³/mol. The minimum absolute atomic E-state index is 0.0283. The average molecular weight is 290 g/mol. The molecule has 1 aromatic rings. The van der Waals surface area contributed by atoms with Crippen LogP contribution in [0.25, 0.3) is 0 Å². The minimum Gasteiger partial charge on any atom is -0.368 e. The van der Waals surface area contributed by atoms with E-state index in [2.05, 4.69) is 36.2 Å². The van der Waals surface area contributed by atoms with Crippen molar-refractivity contribution >= 4 is 5.91 Å². The summed E-state index contributed by atoms with van der Waals surface area (Å²) in [7, 11) is 0. The van der Waals surface area contributed by atoms with E-state index in [9.17, 15) is 4.79 Å². The smallest absolute Gasteiger partial charge is 0.249 e. The van der Waals surface area contributed by atoms with Crippen LogP contribution in [0, 0.1) is 0 Å². The number of ether oxygens (including phenoxy) is 1. The van der Waals surface area contributed by atoms with Gasteiger partial charge in [-0.1, -0.05) is 44.2 Å². The van der Waals surface area contributed by atoms with Gasteiger partial charge in [0.2, 0.25) is 5.91 Å². The molecule has 4 nitrogen and oxygen atoms in total. The first-order valence-electron chi connectivity index (χ1n) is 7.94. The molecule has 0 aliphatic carbocycles. The summed E-state index contributed by atoms with van der Waals surface area (Å²) in [5.41, 5.74) is 1.24. The first kappa shape index (κ1) is 16.0. The van der Waals surface area contributed by atoms with Gasteiger partial charge in [-0.25, -0.2) is 0 Å². The van der Waals surface area contributed by atoms with Crippen molar-refractivity contribution in [1.29, 1.82) is 0 Å². The van der Waals surface area contributed by atoms with Crippen molar-refractivity contribution in [3.8, 4) is 0 Å². The van der Waals surface area contributed by atoms with Crippen LogP contribution < -0.4 is 5.32 Å². The molecule has 4 heteroatoms. The van der Waals surface area contributed by atoms with Crippen molar-refractivity contribution in [3.63, 3.8) is 0 Å². The number of likely N-dealkylation sites (N-methyl/N-ethyl adjacent to an activating group) is 1. The van der Waals surface area contributed by atoms with Gasteiger partial charge in [0.05, 0.1) is 6.04 Å². The number of carbonyl (C=O) groups is 1. The third-order valence-electron chi connectivity index (χ3n) is 4.13. The van der Waals surface area contributed by atoms with Gasteiger partial charge in [-0.2, -0.15) is 0 Å². The lowest BCUT2D eigenvalue weighted by Gasteiger charge is -2.30. The van der Waals surface area contributed by atoms with Crippen LogP contribution in [0.4, 0.5) is 0 Å². The molecule has 1 saturated heterocycles. The first-order valence-corrected chi connectivity index (χ1v) is 7.94. The second-order valence-electron chi connectivity index (χ2n) is 5.39. The van der Waals surface area contributed by atoms with Crippen molar-refractivity contribution in [3.05, 3.63) is 35.9 Å². The molecular formula is C17H26N2O2. The molecule has 1 N–H and O–H groups in total. The standard InChI is InChI=1S/C17H26N2O2/c1-3-19(4-2)15(14-9-6-5-7-10-14)13-18-17(20)16-11-8-12-21-16/h5-7,9-10,15-16H,3-4,8,11-13H2,1-2H3,(H,18,20)/t15-,16+/m0/s1. The van der Waals surface area contributed by atoms with Crippen LogP contribution in [0.15, 0.2) is 30.3 Å². The normalized spacial score (nSPS) is 19.7. The van der Waals surface area contributed by atoms with E-state index in [0.29, 0.717) is 13.2 Å². The van der Waals surface area contributed by atoms with Crippen molar-refractivity contribution in [2.45, 2.75) is 38.8 Å². The first-order chi connectivity index (χ1) is 10.3. The van der Waals surface area contributed by atoms with Gasteiger partial charge < -0.3 is 10.1 Å². The average Bonchev–Trinajstić information content (AvgIpc) is 3.06. The van der Waals surface area contributed by atoms with E-state index in [-0.39, 0.29) is 18.1 Å². The van der Waals surface area contributed by atoms with E-state index in [1.165, 1.54) is 5.56 Å². The molecule has 1 heterocycles. The predicted octanol–water partition coefficient (Wildman–Crippen LogP) is 2.36. The molecule has 1 amide bonds. The Hall–Kier alpha value is -1.39. The molecule has 0 bridgehead atoms. The van der Waals surface area contributed by atoms with Crippen LogP contribution in [-0.2, 0) is 9.53 Å². The highest BCUT2D eigenvalue weighted by atomic mass is 16.5. The monoisotopic (exact) mass is 290 g/mol. The number of benzene rings is 1. The summed E-state index contributed by atoms with van der Waals surface area (Å²) in [5, 5.41) is 3.07. The molecule has 2 rings (SSSR count). The van der Waals surface area contributed by atoms with E-state index in [1.54, 1.807) is 0 Å². The number of nitrogens with one attached hydrogen (secondary N) is 1. The highest BCUT2D eigenvalue weighted by Gasteiger charge is 2.25. The Morgan fingerprint density at radius 2 is 2.05 bits per heavy atom. The number of rotatable bonds is 7.